The Morgan fingerprint density at radius 2 is 1.50 bits per heavy atom. The van der Waals surface area contributed by atoms with Gasteiger partial charge in [-0.3, -0.25) is 7.32 Å². The summed E-state index contributed by atoms with van der Waals surface area (Å²) < 4.78 is 0. The van der Waals surface area contributed by atoms with Crippen molar-refractivity contribution in [2.24, 2.45) is 0 Å². The van der Waals surface area contributed by atoms with Crippen molar-refractivity contribution in [2.75, 3.05) is 0 Å². The van der Waals surface area contributed by atoms with Crippen molar-refractivity contribution in [3.05, 3.63) is 0 Å². The van der Waals surface area contributed by atoms with E-state index in [4.69, 9.17) is 15.1 Å². The Morgan fingerprint density at radius 3 is 1.71 bits per heavy atom. The van der Waals surface area contributed by atoms with Crippen LogP contribution in [-0.4, -0.2) is 13.3 Å². The van der Waals surface area contributed by atoms with Crippen molar-refractivity contribution in [1.29, 1.82) is 0 Å². The molecule has 0 aliphatic carbocycles. The quantitative estimate of drug-likeness (QED) is 0.392. The number of aliphatic carboxylic acids is 1. The first-order valence-corrected chi connectivity index (χ1v) is 3.68. The van der Waals surface area contributed by atoms with Gasteiger partial charge in [0.05, 0.1) is 0 Å². The van der Waals surface area contributed by atoms with E-state index in [-0.39, 0.29) is 39.4 Å². The fraction of sp³-hybridized carbons (Fsp3) is 0.833. The van der Waals surface area contributed by atoms with Gasteiger partial charge in [0, 0.05) is 5.97 Å². The molecule has 0 amide bonds. The second-order valence-corrected chi connectivity index (χ2v) is 2.12. The van der Waals surface area contributed by atoms with Crippen LogP contribution in [0.2, 0.25) is 0 Å². The molecule has 0 N–H and O–H groups in total. The molecule has 0 rings (SSSR count). The summed E-state index contributed by atoms with van der Waals surface area (Å²) in [5.74, 6) is -0.932. The maximum absolute atomic E-state index is 9.76. The first-order chi connectivity index (χ1) is 5.50. The molecule has 8 heteroatoms. The molecular formula is C6H11BNi2O5. The summed E-state index contributed by atoms with van der Waals surface area (Å²) in [4.78, 5) is 9.76. The van der Waals surface area contributed by atoms with Crippen molar-refractivity contribution < 1.29 is 58.0 Å². The van der Waals surface area contributed by atoms with Crippen LogP contribution in [0.1, 0.15) is 32.6 Å². The third kappa shape index (κ3) is 55.3. The molecule has 0 aromatic carbocycles. The van der Waals surface area contributed by atoms with Crippen molar-refractivity contribution in [1.82, 2.24) is 0 Å². The van der Waals surface area contributed by atoms with Gasteiger partial charge in [-0.25, -0.2) is 0 Å². The average Bonchev–Trinajstić information content (AvgIpc) is 1.86. The number of rotatable bonds is 4. The van der Waals surface area contributed by atoms with E-state index in [0.717, 1.165) is 19.3 Å². The summed E-state index contributed by atoms with van der Waals surface area (Å²) in [6.45, 7) is 2.04. The molecule has 0 spiro atoms. The zero-order valence-electron chi connectivity index (χ0n) is 7.58. The molecule has 0 aliphatic heterocycles. The Bertz CT molecular complexity index is 112. The standard InChI is InChI=1S/C6H12O2.BO3.2Ni/c1-2-3-4-5-6(7)8;2-1(3)4;;/h2-5H2,1H3,(H,7,8);;;/q;-3;2*+2/p-1. The normalized spacial score (nSPS) is 7.14. The number of carboxylic acid groups (broad SMARTS) is 1. The van der Waals surface area contributed by atoms with Crippen LogP contribution in [0.15, 0.2) is 0 Å². The van der Waals surface area contributed by atoms with Gasteiger partial charge >= 0.3 is 33.0 Å². The Labute approximate surface area is 104 Å². The van der Waals surface area contributed by atoms with Gasteiger partial charge in [0.25, 0.3) is 0 Å². The van der Waals surface area contributed by atoms with E-state index in [0.29, 0.717) is 0 Å². The fourth-order valence-electron chi connectivity index (χ4n) is 0.519. The topological polar surface area (TPSA) is 109 Å². The van der Waals surface area contributed by atoms with Crippen LogP contribution in [0.25, 0.3) is 0 Å². The van der Waals surface area contributed by atoms with E-state index in [1.807, 2.05) is 6.92 Å². The summed E-state index contributed by atoms with van der Waals surface area (Å²) in [5, 5.41) is 35.0. The summed E-state index contributed by atoms with van der Waals surface area (Å²) in [6, 6.07) is 0. The molecule has 0 aliphatic rings. The van der Waals surface area contributed by atoms with Crippen LogP contribution in [-0.2, 0) is 37.8 Å². The van der Waals surface area contributed by atoms with E-state index in [2.05, 4.69) is 0 Å². The smallest absolute Gasteiger partial charge is 0.907 e. The van der Waals surface area contributed by atoms with E-state index < -0.39 is 13.3 Å². The molecule has 0 bridgehead atoms. The van der Waals surface area contributed by atoms with Crippen molar-refractivity contribution >= 4 is 13.3 Å². The molecule has 0 atom stereocenters. The van der Waals surface area contributed by atoms with Gasteiger partial charge in [-0.1, -0.05) is 19.8 Å². The predicted molar refractivity (Wildman–Crippen MR) is 34.9 cm³/mol. The van der Waals surface area contributed by atoms with Crippen molar-refractivity contribution in [2.45, 2.75) is 32.6 Å². The van der Waals surface area contributed by atoms with Crippen LogP contribution in [0.3, 0.4) is 0 Å². The van der Waals surface area contributed by atoms with Crippen molar-refractivity contribution in [3.63, 3.8) is 0 Å². The van der Waals surface area contributed by atoms with E-state index >= 15 is 0 Å². The molecule has 14 heavy (non-hydrogen) atoms. The predicted octanol–water partition coefficient (Wildman–Crippen LogP) is -3.64. The van der Waals surface area contributed by atoms with Gasteiger partial charge in [-0.15, -0.1) is 0 Å². The summed E-state index contributed by atoms with van der Waals surface area (Å²) in [5.41, 5.74) is 0. The van der Waals surface area contributed by atoms with Gasteiger partial charge in [-0.05, 0) is 12.8 Å². The number of hydrogen-bond acceptors (Lipinski definition) is 5. The minimum absolute atomic E-state index is 0. The zero-order chi connectivity index (χ0) is 9.98. The molecule has 0 heterocycles. The Balaban J connectivity index is -0.0000000733. The molecule has 88 valence electrons. The van der Waals surface area contributed by atoms with E-state index in [1.54, 1.807) is 0 Å². The SMILES string of the molecule is CCCCCC(=O)[O-].[Ni+2].[Ni+2].[O-]B([O-])[O-]. The maximum atomic E-state index is 9.76. The van der Waals surface area contributed by atoms with Gasteiger partial charge in [-0.2, -0.15) is 0 Å². The Morgan fingerprint density at radius 1 is 1.14 bits per heavy atom. The molecule has 5 nitrogen and oxygen atoms in total. The van der Waals surface area contributed by atoms with Gasteiger partial charge < -0.3 is 25.0 Å². The number of unbranched alkanes of at least 4 members (excludes halogenated alkanes) is 2. The van der Waals surface area contributed by atoms with E-state index in [1.165, 1.54) is 0 Å². The number of carboxylic acids is 1. The zero-order valence-corrected chi connectivity index (χ0v) is 9.55. The third-order valence-electron chi connectivity index (χ3n) is 0.984. The monoisotopic (exact) mass is 290 g/mol. The first-order valence-electron chi connectivity index (χ1n) is 3.68. The minimum atomic E-state index is -2.92. The average molecular weight is 291 g/mol. The minimum Gasteiger partial charge on any atom is -0.907 e. The van der Waals surface area contributed by atoms with Crippen LogP contribution in [0, 0.1) is 0 Å². The number of carbonyl (C=O) groups excluding carboxylic acids is 1. The summed E-state index contributed by atoms with van der Waals surface area (Å²) in [7, 11) is -2.92. The van der Waals surface area contributed by atoms with Crippen LogP contribution in [0.4, 0.5) is 0 Å². The largest absolute Gasteiger partial charge is 2.00 e. The summed E-state index contributed by atoms with van der Waals surface area (Å²) in [6.07, 6.45) is 3.04. The first kappa shape index (κ1) is 23.9. The Kier molecular flexibility index (Phi) is 32.5. The molecule has 0 aromatic rings. The molecule has 0 saturated heterocycles. The molecule has 0 saturated carbocycles. The molecule has 0 fully saturated rings. The number of hydrogen-bond donors (Lipinski definition) is 0. The summed E-state index contributed by atoms with van der Waals surface area (Å²) >= 11 is 0. The van der Waals surface area contributed by atoms with Gasteiger partial charge in [0.15, 0.2) is 0 Å². The molecule has 0 aromatic heterocycles. The van der Waals surface area contributed by atoms with Gasteiger partial charge in [0.2, 0.25) is 0 Å². The van der Waals surface area contributed by atoms with Crippen molar-refractivity contribution in [3.8, 4) is 0 Å². The van der Waals surface area contributed by atoms with Gasteiger partial charge in [0.1, 0.15) is 0 Å². The second kappa shape index (κ2) is 19.1. The molecular weight excluding hydrogens is 280 g/mol. The second-order valence-electron chi connectivity index (χ2n) is 2.12. The maximum Gasteiger partial charge on any atom is 2.00 e. The van der Waals surface area contributed by atoms with E-state index in [9.17, 15) is 9.90 Å². The van der Waals surface area contributed by atoms with Crippen LogP contribution >= 0.6 is 0 Å². The number of carbonyl (C=O) groups is 1. The third-order valence-corrected chi connectivity index (χ3v) is 0.984. The molecule has 0 radical (unpaired) electrons. The molecule has 0 unspecified atom stereocenters. The fourth-order valence-corrected chi connectivity index (χ4v) is 0.519. The van der Waals surface area contributed by atoms with Crippen LogP contribution in [0.5, 0.6) is 0 Å². The van der Waals surface area contributed by atoms with Crippen LogP contribution < -0.4 is 20.2 Å². The Hall–Kier alpha value is 0.402.